The number of benzene rings is 3. The first-order valence-electron chi connectivity index (χ1n) is 10.6. The van der Waals surface area contributed by atoms with E-state index >= 15 is 0 Å². The Balaban J connectivity index is 1.37. The fourth-order valence-electron chi connectivity index (χ4n) is 3.29. The topological polar surface area (TPSA) is 81.9 Å². The van der Waals surface area contributed by atoms with E-state index in [1.807, 2.05) is 41.2 Å². The second-order valence-corrected chi connectivity index (χ2v) is 7.39. The number of hydrogen-bond donors (Lipinski definition) is 1. The highest BCUT2D eigenvalue weighted by molar-refractivity contribution is 6.01. The number of rotatable bonds is 7. The number of aromatic nitrogens is 1. The Morgan fingerprint density at radius 2 is 1.47 bits per heavy atom. The predicted octanol–water partition coefficient (Wildman–Crippen LogP) is 4.86. The molecule has 7 heteroatoms. The summed E-state index contributed by atoms with van der Waals surface area (Å²) >= 11 is 0. The van der Waals surface area contributed by atoms with Crippen LogP contribution in [0.4, 0.5) is 0 Å². The standard InChI is InChI=1S/C27H23N3O4/c1-19(28-29-26(31)21-9-13-22(14-10-21)30-17-5-6-18-30)20-11-15-23(16-12-20)34-27(32)24-7-3-4-8-25(24)33-2/h3-18H,1-2H3,(H,29,31). The maximum Gasteiger partial charge on any atom is 0.347 e. The second kappa shape index (κ2) is 10.3. The van der Waals surface area contributed by atoms with Gasteiger partial charge in [0.05, 0.1) is 12.8 Å². The summed E-state index contributed by atoms with van der Waals surface area (Å²) in [5, 5.41) is 4.19. The normalized spacial score (nSPS) is 11.1. The summed E-state index contributed by atoms with van der Waals surface area (Å²) < 4.78 is 12.6. The predicted molar refractivity (Wildman–Crippen MR) is 130 cm³/mol. The summed E-state index contributed by atoms with van der Waals surface area (Å²) in [6.07, 6.45) is 3.88. The maximum atomic E-state index is 12.4. The largest absolute Gasteiger partial charge is 0.496 e. The molecule has 1 heterocycles. The number of carbonyl (C=O) groups is 2. The van der Waals surface area contributed by atoms with Gasteiger partial charge < -0.3 is 14.0 Å². The first kappa shape index (κ1) is 22.5. The lowest BCUT2D eigenvalue weighted by Gasteiger charge is -2.09. The zero-order chi connectivity index (χ0) is 23.9. The van der Waals surface area contributed by atoms with Gasteiger partial charge in [0.2, 0.25) is 0 Å². The number of hydrazone groups is 1. The van der Waals surface area contributed by atoms with Crippen molar-refractivity contribution in [1.29, 1.82) is 0 Å². The Bertz CT molecular complexity index is 1310. The Labute approximate surface area is 197 Å². The Kier molecular flexibility index (Phi) is 6.84. The van der Waals surface area contributed by atoms with Crippen LogP contribution in [0.1, 0.15) is 33.2 Å². The van der Waals surface area contributed by atoms with E-state index in [0.717, 1.165) is 11.3 Å². The van der Waals surface area contributed by atoms with Crippen molar-refractivity contribution >= 4 is 17.6 Å². The quantitative estimate of drug-likeness (QED) is 0.188. The van der Waals surface area contributed by atoms with Gasteiger partial charge >= 0.3 is 5.97 Å². The minimum absolute atomic E-state index is 0.305. The van der Waals surface area contributed by atoms with Gasteiger partial charge in [-0.1, -0.05) is 12.1 Å². The minimum Gasteiger partial charge on any atom is -0.496 e. The lowest BCUT2D eigenvalue weighted by Crippen LogP contribution is -2.19. The molecule has 0 spiro atoms. The fraction of sp³-hybridized carbons (Fsp3) is 0.0741. The van der Waals surface area contributed by atoms with Gasteiger partial charge in [-0.25, -0.2) is 10.2 Å². The van der Waals surface area contributed by atoms with E-state index in [0.29, 0.717) is 28.3 Å². The molecule has 1 aromatic heterocycles. The van der Waals surface area contributed by atoms with Crippen molar-refractivity contribution in [1.82, 2.24) is 9.99 Å². The van der Waals surface area contributed by atoms with Gasteiger partial charge in [0, 0.05) is 23.6 Å². The summed E-state index contributed by atoms with van der Waals surface area (Å²) in [6, 6.07) is 24.9. The van der Waals surface area contributed by atoms with Gasteiger partial charge in [-0.3, -0.25) is 4.79 Å². The first-order valence-corrected chi connectivity index (χ1v) is 10.6. The zero-order valence-corrected chi connectivity index (χ0v) is 18.8. The summed E-state index contributed by atoms with van der Waals surface area (Å²) in [5.74, 6) is 0.0212. The molecule has 0 radical (unpaired) electrons. The van der Waals surface area contributed by atoms with Crippen LogP contribution in [-0.2, 0) is 0 Å². The number of ether oxygens (including phenoxy) is 2. The Morgan fingerprint density at radius 3 is 2.15 bits per heavy atom. The minimum atomic E-state index is -0.509. The van der Waals surface area contributed by atoms with Crippen LogP contribution in [0.5, 0.6) is 11.5 Å². The van der Waals surface area contributed by atoms with E-state index in [1.165, 1.54) is 7.11 Å². The highest BCUT2D eigenvalue weighted by Crippen LogP contribution is 2.21. The molecule has 7 nitrogen and oxygen atoms in total. The molecule has 0 unspecified atom stereocenters. The number of carbonyl (C=O) groups excluding carboxylic acids is 2. The third-order valence-corrected chi connectivity index (χ3v) is 5.17. The van der Waals surface area contributed by atoms with Crippen LogP contribution in [0.2, 0.25) is 0 Å². The third-order valence-electron chi connectivity index (χ3n) is 5.17. The molecular formula is C27H23N3O4. The summed E-state index contributed by atoms with van der Waals surface area (Å²) in [4.78, 5) is 24.9. The highest BCUT2D eigenvalue weighted by atomic mass is 16.5. The smallest absolute Gasteiger partial charge is 0.347 e. The van der Waals surface area contributed by atoms with Gasteiger partial charge in [0.15, 0.2) is 0 Å². The van der Waals surface area contributed by atoms with Crippen molar-refractivity contribution in [2.75, 3.05) is 7.11 Å². The molecule has 0 aliphatic carbocycles. The van der Waals surface area contributed by atoms with Crippen molar-refractivity contribution in [3.63, 3.8) is 0 Å². The van der Waals surface area contributed by atoms with Crippen molar-refractivity contribution in [3.05, 3.63) is 114 Å². The SMILES string of the molecule is COc1ccccc1C(=O)Oc1ccc(C(C)=NNC(=O)c2ccc(-n3cccc3)cc2)cc1. The van der Waals surface area contributed by atoms with Gasteiger partial charge in [-0.15, -0.1) is 0 Å². The summed E-state index contributed by atoms with van der Waals surface area (Å²) in [7, 11) is 1.50. The number of nitrogens with one attached hydrogen (secondary N) is 1. The Hall–Kier alpha value is -4.65. The molecule has 1 N–H and O–H groups in total. The van der Waals surface area contributed by atoms with Gasteiger partial charge in [-0.05, 0) is 85.3 Å². The van der Waals surface area contributed by atoms with Crippen molar-refractivity contribution in [2.24, 2.45) is 5.10 Å². The molecule has 0 fully saturated rings. The van der Waals surface area contributed by atoms with E-state index in [-0.39, 0.29) is 5.91 Å². The van der Waals surface area contributed by atoms with Crippen molar-refractivity contribution < 1.29 is 19.1 Å². The molecule has 0 atom stereocenters. The molecule has 3 aromatic carbocycles. The number of para-hydroxylation sites is 1. The average molecular weight is 453 g/mol. The molecule has 0 aliphatic rings. The van der Waals surface area contributed by atoms with Crippen LogP contribution in [0.3, 0.4) is 0 Å². The molecule has 0 saturated heterocycles. The van der Waals surface area contributed by atoms with Crippen LogP contribution in [0.15, 0.2) is 102 Å². The molecule has 0 saturated carbocycles. The maximum absolute atomic E-state index is 12.4. The number of methoxy groups -OCH3 is 1. The van der Waals surface area contributed by atoms with Crippen molar-refractivity contribution in [3.8, 4) is 17.2 Å². The van der Waals surface area contributed by atoms with Crippen LogP contribution >= 0.6 is 0 Å². The molecule has 0 bridgehead atoms. The fourth-order valence-corrected chi connectivity index (χ4v) is 3.29. The van der Waals surface area contributed by atoms with Crippen LogP contribution < -0.4 is 14.9 Å². The molecule has 0 aliphatic heterocycles. The zero-order valence-electron chi connectivity index (χ0n) is 18.8. The molecule has 170 valence electrons. The lowest BCUT2D eigenvalue weighted by atomic mass is 10.1. The first-order chi connectivity index (χ1) is 16.5. The molecule has 4 rings (SSSR count). The molecule has 4 aromatic rings. The highest BCUT2D eigenvalue weighted by Gasteiger charge is 2.14. The molecular weight excluding hydrogens is 430 g/mol. The molecule has 1 amide bonds. The number of amides is 1. The van der Waals surface area contributed by atoms with Gasteiger partial charge in [-0.2, -0.15) is 5.10 Å². The molecule has 34 heavy (non-hydrogen) atoms. The summed E-state index contributed by atoms with van der Waals surface area (Å²) in [6.45, 7) is 1.78. The van der Waals surface area contributed by atoms with E-state index in [4.69, 9.17) is 9.47 Å². The monoisotopic (exact) mass is 453 g/mol. The van der Waals surface area contributed by atoms with E-state index in [2.05, 4.69) is 10.5 Å². The average Bonchev–Trinajstić information content (AvgIpc) is 3.42. The van der Waals surface area contributed by atoms with Crippen molar-refractivity contribution in [2.45, 2.75) is 6.92 Å². The van der Waals surface area contributed by atoms with Crippen LogP contribution in [0, 0.1) is 0 Å². The van der Waals surface area contributed by atoms with E-state index in [9.17, 15) is 9.59 Å². The Morgan fingerprint density at radius 1 is 0.824 bits per heavy atom. The summed E-state index contributed by atoms with van der Waals surface area (Å²) in [5.41, 5.74) is 5.78. The van der Waals surface area contributed by atoms with E-state index < -0.39 is 5.97 Å². The number of nitrogens with zero attached hydrogens (tertiary/aromatic N) is 2. The van der Waals surface area contributed by atoms with Crippen LogP contribution in [0.25, 0.3) is 5.69 Å². The second-order valence-electron chi connectivity index (χ2n) is 7.39. The van der Waals surface area contributed by atoms with E-state index in [1.54, 1.807) is 67.6 Å². The van der Waals surface area contributed by atoms with Gasteiger partial charge in [0.1, 0.15) is 17.1 Å². The van der Waals surface area contributed by atoms with Gasteiger partial charge in [0.25, 0.3) is 5.91 Å². The number of esters is 1. The third kappa shape index (κ3) is 5.21. The van der Waals surface area contributed by atoms with Crippen LogP contribution in [-0.4, -0.2) is 29.3 Å². The lowest BCUT2D eigenvalue weighted by molar-refractivity contribution is 0.0731. The number of hydrogen-bond acceptors (Lipinski definition) is 5.